The third-order valence-corrected chi connectivity index (χ3v) is 1.52. The predicted molar refractivity (Wildman–Crippen MR) is 39.0 cm³/mol. The smallest absolute Gasteiger partial charge is 0.378 e. The number of aromatic nitrogens is 2. The summed E-state index contributed by atoms with van der Waals surface area (Å²) in [7, 11) is 1.63. The van der Waals surface area contributed by atoms with Gasteiger partial charge in [-0.3, -0.25) is 4.57 Å². The molecule has 6 nitrogen and oxygen atoms in total. The van der Waals surface area contributed by atoms with E-state index in [-0.39, 0.29) is 11.6 Å². The number of imidazole rings is 1. The highest BCUT2D eigenvalue weighted by Crippen LogP contribution is 2.19. The van der Waals surface area contributed by atoms with E-state index in [1.165, 1.54) is 4.57 Å². The summed E-state index contributed by atoms with van der Waals surface area (Å²) in [5.74, 6) is 0.353. The van der Waals surface area contributed by atoms with Crippen LogP contribution in [0.4, 0.5) is 11.6 Å². The van der Waals surface area contributed by atoms with Gasteiger partial charge in [-0.15, -0.1) is 0 Å². The number of hydrogen-bond acceptors (Lipinski definition) is 4. The number of nitrogens with zero attached hydrogens (tertiary/aromatic N) is 3. The minimum atomic E-state index is -0.595. The Kier molecular flexibility index (Phi) is 1.52. The molecule has 1 aromatic rings. The zero-order valence-corrected chi connectivity index (χ0v) is 6.24. The van der Waals surface area contributed by atoms with Crippen molar-refractivity contribution >= 4 is 11.6 Å². The van der Waals surface area contributed by atoms with Crippen molar-refractivity contribution in [3.63, 3.8) is 0 Å². The Morgan fingerprint density at radius 1 is 1.73 bits per heavy atom. The van der Waals surface area contributed by atoms with Crippen molar-refractivity contribution in [2.45, 2.75) is 6.92 Å². The van der Waals surface area contributed by atoms with E-state index >= 15 is 0 Å². The first-order chi connectivity index (χ1) is 5.04. The molecule has 0 amide bonds. The molecule has 0 saturated carbocycles. The number of rotatable bonds is 1. The van der Waals surface area contributed by atoms with Crippen molar-refractivity contribution in [2.24, 2.45) is 7.05 Å². The molecule has 6 heteroatoms. The van der Waals surface area contributed by atoms with Crippen LogP contribution >= 0.6 is 0 Å². The van der Waals surface area contributed by atoms with Crippen molar-refractivity contribution in [3.05, 3.63) is 15.9 Å². The first kappa shape index (κ1) is 7.52. The molecule has 1 heterocycles. The Labute approximate surface area is 62.8 Å². The van der Waals surface area contributed by atoms with E-state index in [1.807, 2.05) is 0 Å². The number of aryl methyl sites for hydroxylation is 1. The maximum Gasteiger partial charge on any atom is 0.406 e. The van der Waals surface area contributed by atoms with Crippen LogP contribution in [0.2, 0.25) is 0 Å². The van der Waals surface area contributed by atoms with E-state index in [0.717, 1.165) is 0 Å². The normalized spacial score (nSPS) is 10.0. The van der Waals surface area contributed by atoms with Crippen molar-refractivity contribution in [3.8, 4) is 0 Å². The van der Waals surface area contributed by atoms with Crippen LogP contribution in [0.3, 0.4) is 0 Å². The fourth-order valence-electron chi connectivity index (χ4n) is 0.744. The van der Waals surface area contributed by atoms with E-state index in [2.05, 4.69) is 4.98 Å². The molecular weight excluding hydrogens is 148 g/mol. The van der Waals surface area contributed by atoms with Gasteiger partial charge in [-0.05, 0) is 9.91 Å². The summed E-state index contributed by atoms with van der Waals surface area (Å²) in [4.78, 5) is 13.3. The van der Waals surface area contributed by atoms with E-state index in [4.69, 9.17) is 5.73 Å². The summed E-state index contributed by atoms with van der Waals surface area (Å²) in [6, 6.07) is 0. The van der Waals surface area contributed by atoms with Gasteiger partial charge in [0.1, 0.15) is 0 Å². The van der Waals surface area contributed by atoms with Gasteiger partial charge >= 0.3 is 5.82 Å². The first-order valence-corrected chi connectivity index (χ1v) is 2.97. The van der Waals surface area contributed by atoms with Crippen LogP contribution in [0, 0.1) is 17.0 Å². The predicted octanol–water partition coefficient (Wildman–Crippen LogP) is 0.219. The SMILES string of the molecule is Cc1nc([N+](=O)[O-])c(N)n1C. The van der Waals surface area contributed by atoms with Gasteiger partial charge in [0.05, 0.1) is 0 Å². The zero-order valence-electron chi connectivity index (χ0n) is 6.24. The Morgan fingerprint density at radius 3 is 2.45 bits per heavy atom. The highest BCUT2D eigenvalue weighted by atomic mass is 16.6. The molecular formula is C5H8N4O2. The number of anilines is 1. The summed E-state index contributed by atoms with van der Waals surface area (Å²) in [5.41, 5.74) is 5.36. The molecule has 0 aromatic carbocycles. The third kappa shape index (κ3) is 1.02. The van der Waals surface area contributed by atoms with Crippen LogP contribution in [0.25, 0.3) is 0 Å². The van der Waals surface area contributed by atoms with E-state index in [1.54, 1.807) is 14.0 Å². The quantitative estimate of drug-likeness (QED) is 0.465. The summed E-state index contributed by atoms with van der Waals surface area (Å²) in [6.07, 6.45) is 0. The van der Waals surface area contributed by atoms with Gasteiger partial charge in [0.15, 0.2) is 0 Å². The maximum atomic E-state index is 10.2. The molecule has 60 valence electrons. The molecule has 11 heavy (non-hydrogen) atoms. The molecule has 1 rings (SSSR count). The zero-order chi connectivity index (χ0) is 8.59. The van der Waals surface area contributed by atoms with Gasteiger partial charge in [-0.2, -0.15) is 0 Å². The molecule has 0 fully saturated rings. The lowest BCUT2D eigenvalue weighted by Gasteiger charge is -1.92. The topological polar surface area (TPSA) is 87.0 Å². The summed E-state index contributed by atoms with van der Waals surface area (Å²) in [5, 5.41) is 10.2. The molecule has 0 radical (unpaired) electrons. The third-order valence-electron chi connectivity index (χ3n) is 1.52. The van der Waals surface area contributed by atoms with E-state index < -0.39 is 4.92 Å². The van der Waals surface area contributed by atoms with Crippen LogP contribution in [0.1, 0.15) is 5.82 Å². The minimum absolute atomic E-state index is 0.0903. The molecule has 0 aliphatic rings. The number of nitrogens with two attached hydrogens (primary N) is 1. The maximum absolute atomic E-state index is 10.2. The summed E-state index contributed by atoms with van der Waals surface area (Å²) < 4.78 is 1.47. The number of nitro groups is 1. The van der Waals surface area contributed by atoms with Crippen molar-refractivity contribution < 1.29 is 4.92 Å². The molecule has 0 aliphatic carbocycles. The fraction of sp³-hybridized carbons (Fsp3) is 0.400. The van der Waals surface area contributed by atoms with Crippen LogP contribution in [0.5, 0.6) is 0 Å². The Balaban J connectivity index is 3.29. The molecule has 0 spiro atoms. The average molecular weight is 156 g/mol. The molecule has 0 saturated heterocycles. The van der Waals surface area contributed by atoms with E-state index in [0.29, 0.717) is 5.82 Å². The lowest BCUT2D eigenvalue weighted by molar-refractivity contribution is -0.388. The molecule has 1 aromatic heterocycles. The standard InChI is InChI=1S/C5H8N4O2/c1-3-7-5(9(10)11)4(6)8(3)2/h6H2,1-2H3. The number of hydrogen-bond donors (Lipinski definition) is 1. The van der Waals surface area contributed by atoms with Gasteiger partial charge in [0.25, 0.3) is 0 Å². The molecule has 2 N–H and O–H groups in total. The fourth-order valence-corrected chi connectivity index (χ4v) is 0.744. The van der Waals surface area contributed by atoms with Crippen LogP contribution in [0.15, 0.2) is 0 Å². The van der Waals surface area contributed by atoms with Crippen molar-refractivity contribution in [2.75, 3.05) is 5.73 Å². The highest BCUT2D eigenvalue weighted by molar-refractivity contribution is 5.48. The summed E-state index contributed by atoms with van der Waals surface area (Å²) in [6.45, 7) is 1.66. The second kappa shape index (κ2) is 2.22. The molecule has 0 aliphatic heterocycles. The Hall–Kier alpha value is -1.59. The van der Waals surface area contributed by atoms with E-state index in [9.17, 15) is 10.1 Å². The molecule has 0 unspecified atom stereocenters. The molecule has 0 bridgehead atoms. The molecule has 0 atom stereocenters. The van der Waals surface area contributed by atoms with Crippen LogP contribution in [-0.4, -0.2) is 14.5 Å². The monoisotopic (exact) mass is 156 g/mol. The Morgan fingerprint density at radius 2 is 2.27 bits per heavy atom. The van der Waals surface area contributed by atoms with Gasteiger partial charge in [0, 0.05) is 14.0 Å². The summed E-state index contributed by atoms with van der Waals surface area (Å²) >= 11 is 0. The largest absolute Gasteiger partial charge is 0.406 e. The van der Waals surface area contributed by atoms with Crippen molar-refractivity contribution in [1.29, 1.82) is 0 Å². The van der Waals surface area contributed by atoms with Gasteiger partial charge in [0.2, 0.25) is 11.6 Å². The van der Waals surface area contributed by atoms with Gasteiger partial charge in [-0.25, -0.2) is 0 Å². The van der Waals surface area contributed by atoms with Gasteiger partial charge < -0.3 is 15.8 Å². The highest BCUT2D eigenvalue weighted by Gasteiger charge is 2.19. The van der Waals surface area contributed by atoms with Crippen LogP contribution in [-0.2, 0) is 7.05 Å². The van der Waals surface area contributed by atoms with Crippen LogP contribution < -0.4 is 5.73 Å². The average Bonchev–Trinajstić information content (AvgIpc) is 2.17. The second-order valence-corrected chi connectivity index (χ2v) is 2.18. The lowest BCUT2D eigenvalue weighted by Crippen LogP contribution is -1.99. The number of nitrogen functional groups attached to an aromatic ring is 1. The minimum Gasteiger partial charge on any atom is -0.378 e. The second-order valence-electron chi connectivity index (χ2n) is 2.18. The lowest BCUT2D eigenvalue weighted by atomic mass is 10.6. The van der Waals surface area contributed by atoms with Crippen molar-refractivity contribution in [1.82, 2.24) is 9.55 Å². The first-order valence-electron chi connectivity index (χ1n) is 2.97. The Bertz CT molecular complexity index is 304. The van der Waals surface area contributed by atoms with Gasteiger partial charge in [-0.1, -0.05) is 0 Å².